The molecule has 0 radical (unpaired) electrons. The largest absolute Gasteiger partial charge is 0.389 e. The standard InChI is InChI=1S/C9H16O/c1-2-9(10)7-5-3-4-6-8(7)9/h7-8,10H,2-6H2,1H3. The Morgan fingerprint density at radius 1 is 1.30 bits per heavy atom. The van der Waals surface area contributed by atoms with Crippen molar-refractivity contribution in [3.63, 3.8) is 0 Å². The van der Waals surface area contributed by atoms with Crippen LogP contribution >= 0.6 is 0 Å². The van der Waals surface area contributed by atoms with Crippen LogP contribution in [0, 0.1) is 11.8 Å². The Morgan fingerprint density at radius 2 is 1.80 bits per heavy atom. The fourth-order valence-corrected chi connectivity index (χ4v) is 2.74. The van der Waals surface area contributed by atoms with E-state index in [1.54, 1.807) is 0 Å². The normalized spacial score (nSPS) is 52.2. The van der Waals surface area contributed by atoms with Crippen LogP contribution in [0.5, 0.6) is 0 Å². The molecule has 0 aromatic heterocycles. The topological polar surface area (TPSA) is 20.2 Å². The summed E-state index contributed by atoms with van der Waals surface area (Å²) < 4.78 is 0. The average Bonchev–Trinajstić information content (AvgIpc) is 2.60. The van der Waals surface area contributed by atoms with E-state index in [-0.39, 0.29) is 5.60 Å². The SMILES string of the molecule is CCC1(O)C2CCCCC21. The Balaban J connectivity index is 2.04. The minimum atomic E-state index is -0.212. The van der Waals surface area contributed by atoms with Gasteiger partial charge in [-0.3, -0.25) is 0 Å². The van der Waals surface area contributed by atoms with Gasteiger partial charge in [0.25, 0.3) is 0 Å². The van der Waals surface area contributed by atoms with E-state index in [4.69, 9.17) is 0 Å². The molecular weight excluding hydrogens is 124 g/mol. The molecule has 2 unspecified atom stereocenters. The van der Waals surface area contributed by atoms with Crippen LogP contribution in [0.25, 0.3) is 0 Å². The van der Waals surface area contributed by atoms with Crippen LogP contribution in [0.2, 0.25) is 0 Å². The molecule has 0 spiro atoms. The third kappa shape index (κ3) is 0.672. The zero-order valence-corrected chi connectivity index (χ0v) is 6.64. The fraction of sp³-hybridized carbons (Fsp3) is 1.00. The second-order valence-corrected chi connectivity index (χ2v) is 3.84. The van der Waals surface area contributed by atoms with Gasteiger partial charge >= 0.3 is 0 Å². The van der Waals surface area contributed by atoms with Crippen LogP contribution in [0.3, 0.4) is 0 Å². The molecule has 2 atom stereocenters. The van der Waals surface area contributed by atoms with E-state index in [9.17, 15) is 5.11 Å². The quantitative estimate of drug-likeness (QED) is 0.590. The minimum absolute atomic E-state index is 0.212. The molecule has 0 amide bonds. The fourth-order valence-electron chi connectivity index (χ4n) is 2.74. The van der Waals surface area contributed by atoms with Gasteiger partial charge < -0.3 is 5.11 Å². The van der Waals surface area contributed by atoms with E-state index in [1.165, 1.54) is 25.7 Å². The molecule has 1 nitrogen and oxygen atoms in total. The first-order valence-corrected chi connectivity index (χ1v) is 4.51. The Kier molecular flexibility index (Phi) is 1.31. The third-order valence-electron chi connectivity index (χ3n) is 3.51. The summed E-state index contributed by atoms with van der Waals surface area (Å²) in [5, 5.41) is 9.90. The van der Waals surface area contributed by atoms with Crippen LogP contribution in [-0.2, 0) is 0 Å². The zero-order valence-electron chi connectivity index (χ0n) is 6.64. The van der Waals surface area contributed by atoms with Crippen molar-refractivity contribution in [3.8, 4) is 0 Å². The first-order valence-electron chi connectivity index (χ1n) is 4.51. The van der Waals surface area contributed by atoms with Crippen molar-refractivity contribution in [1.29, 1.82) is 0 Å². The molecule has 0 aromatic carbocycles. The summed E-state index contributed by atoms with van der Waals surface area (Å²) in [6.45, 7) is 2.11. The van der Waals surface area contributed by atoms with Gasteiger partial charge in [0.05, 0.1) is 5.60 Å². The second kappa shape index (κ2) is 1.97. The molecule has 2 aliphatic carbocycles. The summed E-state index contributed by atoms with van der Waals surface area (Å²) in [7, 11) is 0. The van der Waals surface area contributed by atoms with Gasteiger partial charge in [-0.15, -0.1) is 0 Å². The summed E-state index contributed by atoms with van der Waals surface area (Å²) in [4.78, 5) is 0. The Morgan fingerprint density at radius 3 is 2.20 bits per heavy atom. The molecule has 10 heavy (non-hydrogen) atoms. The van der Waals surface area contributed by atoms with Gasteiger partial charge in [-0.1, -0.05) is 19.8 Å². The van der Waals surface area contributed by atoms with Crippen molar-refractivity contribution in [1.82, 2.24) is 0 Å². The summed E-state index contributed by atoms with van der Waals surface area (Å²) in [5.74, 6) is 1.37. The van der Waals surface area contributed by atoms with Crippen molar-refractivity contribution in [2.75, 3.05) is 0 Å². The Labute approximate surface area is 62.4 Å². The van der Waals surface area contributed by atoms with Gasteiger partial charge in [0.2, 0.25) is 0 Å². The lowest BCUT2D eigenvalue weighted by molar-refractivity contribution is 0.114. The van der Waals surface area contributed by atoms with Crippen LogP contribution < -0.4 is 0 Å². The van der Waals surface area contributed by atoms with Gasteiger partial charge in [0.1, 0.15) is 0 Å². The summed E-state index contributed by atoms with van der Waals surface area (Å²) in [6.07, 6.45) is 6.25. The maximum atomic E-state index is 9.90. The first kappa shape index (κ1) is 6.66. The van der Waals surface area contributed by atoms with Gasteiger partial charge in [-0.05, 0) is 31.1 Å². The molecule has 0 heterocycles. The molecule has 1 N–H and O–H groups in total. The first-order chi connectivity index (χ1) is 4.79. The molecule has 2 aliphatic rings. The Bertz CT molecular complexity index is 130. The third-order valence-corrected chi connectivity index (χ3v) is 3.51. The lowest BCUT2D eigenvalue weighted by Crippen LogP contribution is -2.09. The molecule has 0 saturated heterocycles. The van der Waals surface area contributed by atoms with E-state index < -0.39 is 0 Å². The number of hydrogen-bond acceptors (Lipinski definition) is 1. The number of rotatable bonds is 1. The van der Waals surface area contributed by atoms with Crippen molar-refractivity contribution in [2.45, 2.75) is 44.6 Å². The number of aliphatic hydroxyl groups is 1. The smallest absolute Gasteiger partial charge is 0.0708 e. The van der Waals surface area contributed by atoms with E-state index in [1.807, 2.05) is 0 Å². The summed E-state index contributed by atoms with van der Waals surface area (Å²) >= 11 is 0. The molecule has 2 fully saturated rings. The Hall–Kier alpha value is -0.0400. The van der Waals surface area contributed by atoms with Gasteiger partial charge in [0.15, 0.2) is 0 Å². The van der Waals surface area contributed by atoms with E-state index in [2.05, 4.69) is 6.92 Å². The highest BCUT2D eigenvalue weighted by molar-refractivity contribution is 5.12. The molecule has 0 aliphatic heterocycles. The van der Waals surface area contributed by atoms with E-state index in [0.717, 1.165) is 6.42 Å². The second-order valence-electron chi connectivity index (χ2n) is 3.84. The molecule has 1 heteroatoms. The maximum Gasteiger partial charge on any atom is 0.0708 e. The van der Waals surface area contributed by atoms with Crippen LogP contribution in [-0.4, -0.2) is 10.7 Å². The molecule has 2 saturated carbocycles. The van der Waals surface area contributed by atoms with Gasteiger partial charge in [-0.25, -0.2) is 0 Å². The number of hydrogen-bond donors (Lipinski definition) is 1. The highest BCUT2D eigenvalue weighted by Crippen LogP contribution is 2.60. The minimum Gasteiger partial charge on any atom is -0.389 e. The molecule has 0 aromatic rings. The lowest BCUT2D eigenvalue weighted by atomic mass is 10.0. The monoisotopic (exact) mass is 140 g/mol. The predicted octanol–water partition coefficient (Wildman–Crippen LogP) is 1.95. The van der Waals surface area contributed by atoms with Crippen LogP contribution in [0.1, 0.15) is 39.0 Å². The van der Waals surface area contributed by atoms with Gasteiger partial charge in [0, 0.05) is 0 Å². The van der Waals surface area contributed by atoms with Gasteiger partial charge in [-0.2, -0.15) is 0 Å². The van der Waals surface area contributed by atoms with Crippen molar-refractivity contribution < 1.29 is 5.11 Å². The molecule has 0 bridgehead atoms. The average molecular weight is 140 g/mol. The zero-order chi connectivity index (χ0) is 7.19. The highest BCUT2D eigenvalue weighted by atomic mass is 16.3. The summed E-state index contributed by atoms with van der Waals surface area (Å²) in [5.41, 5.74) is -0.212. The lowest BCUT2D eigenvalue weighted by Gasteiger charge is -2.03. The number of fused-ring (bicyclic) bond motifs is 1. The van der Waals surface area contributed by atoms with Crippen molar-refractivity contribution in [3.05, 3.63) is 0 Å². The van der Waals surface area contributed by atoms with Crippen molar-refractivity contribution >= 4 is 0 Å². The van der Waals surface area contributed by atoms with E-state index >= 15 is 0 Å². The molecular formula is C9H16O. The molecule has 2 rings (SSSR count). The molecule has 58 valence electrons. The summed E-state index contributed by atoms with van der Waals surface area (Å²) in [6, 6.07) is 0. The maximum absolute atomic E-state index is 9.90. The predicted molar refractivity (Wildman–Crippen MR) is 40.7 cm³/mol. The highest BCUT2D eigenvalue weighted by Gasteiger charge is 2.62. The van der Waals surface area contributed by atoms with E-state index in [0.29, 0.717) is 11.8 Å². The van der Waals surface area contributed by atoms with Crippen molar-refractivity contribution in [2.24, 2.45) is 11.8 Å². The van der Waals surface area contributed by atoms with Crippen LogP contribution in [0.15, 0.2) is 0 Å². The van der Waals surface area contributed by atoms with Crippen LogP contribution in [0.4, 0.5) is 0 Å².